The second-order valence-corrected chi connectivity index (χ2v) is 13.8. The third-order valence-electron chi connectivity index (χ3n) is 6.80. The van der Waals surface area contributed by atoms with Gasteiger partial charge in [-0.1, -0.05) is 26.7 Å². The van der Waals surface area contributed by atoms with Gasteiger partial charge in [-0.15, -0.1) is 11.6 Å². The number of aromatic amines is 1. The first-order chi connectivity index (χ1) is 21.6. The number of phosphoric acid groups is 1. The standard InChI is InChI=1S/C23H38ClN7O13P2/c1-4-13(5-2)9-40-22(36)12(3)30-45(37,41-7-6-26-15(32)8-24)44-46(38,39)42-10-14-17(33)18(34)21(43-14)31-11-27-16-19(31)28-23(25)29-20(16)35/h11-14,17-18,21,33-34H,4-10H2,1-3H3,(H,26,32)(H,30,37)(H,38,39)(H3,25,28,29,35)/t12-,14-,17-,18-,21-,45?/m1/s1. The van der Waals surface area contributed by atoms with Crippen molar-refractivity contribution in [2.45, 2.75) is 64.2 Å². The highest BCUT2D eigenvalue weighted by molar-refractivity contribution is 7.63. The summed E-state index contributed by atoms with van der Waals surface area (Å²) in [6.07, 6.45) is -3.58. The first-order valence-corrected chi connectivity index (χ1v) is 17.6. The molecule has 0 spiro atoms. The molecular weight excluding hydrogens is 680 g/mol. The SMILES string of the molecule is CCC(CC)COC(=O)[C@@H](C)NP(=O)(OCCNC(=O)CCl)OP(=O)(O)OC[C@H]1O[C@@H](n2cnc3c(=O)[nH]c(N)nc32)[C@H](O)[C@@H]1O. The molecule has 3 rings (SSSR count). The highest BCUT2D eigenvalue weighted by Crippen LogP contribution is 2.61. The highest BCUT2D eigenvalue weighted by Gasteiger charge is 2.46. The molecule has 1 saturated heterocycles. The van der Waals surface area contributed by atoms with Gasteiger partial charge in [0.05, 0.1) is 26.1 Å². The molecule has 3 heterocycles. The number of alkyl halides is 1. The van der Waals surface area contributed by atoms with Crippen molar-refractivity contribution in [3.63, 3.8) is 0 Å². The number of aromatic nitrogens is 4. The van der Waals surface area contributed by atoms with E-state index in [1.54, 1.807) is 0 Å². The molecule has 8 N–H and O–H groups in total. The van der Waals surface area contributed by atoms with Crippen molar-refractivity contribution in [3.8, 4) is 0 Å². The summed E-state index contributed by atoms with van der Waals surface area (Å²) in [5.41, 5.74) is 4.72. The zero-order valence-corrected chi connectivity index (χ0v) is 27.7. The molecule has 1 aliphatic heterocycles. The molecule has 0 aromatic carbocycles. The fourth-order valence-corrected chi connectivity index (χ4v) is 7.25. The third-order valence-corrected chi connectivity index (χ3v) is 10.4. The van der Waals surface area contributed by atoms with Crippen LogP contribution < -0.4 is 21.7 Å². The molecule has 23 heteroatoms. The molecule has 1 fully saturated rings. The largest absolute Gasteiger partial charge is 0.480 e. The Morgan fingerprint density at radius 3 is 2.59 bits per heavy atom. The predicted octanol–water partition coefficient (Wildman–Crippen LogP) is -0.108. The third kappa shape index (κ3) is 10.0. The molecule has 2 unspecified atom stereocenters. The van der Waals surface area contributed by atoms with Crippen LogP contribution in [0.4, 0.5) is 5.95 Å². The van der Waals surface area contributed by atoms with Crippen molar-refractivity contribution < 1.29 is 56.7 Å². The van der Waals surface area contributed by atoms with E-state index in [0.29, 0.717) is 0 Å². The van der Waals surface area contributed by atoms with Gasteiger partial charge in [0, 0.05) is 6.54 Å². The first kappa shape index (κ1) is 38.0. The van der Waals surface area contributed by atoms with Crippen LogP contribution >= 0.6 is 27.2 Å². The molecule has 0 radical (unpaired) electrons. The number of nitrogens with zero attached hydrogens (tertiary/aromatic N) is 3. The lowest BCUT2D eigenvalue weighted by Crippen LogP contribution is -2.36. The number of ether oxygens (including phenoxy) is 2. The summed E-state index contributed by atoms with van der Waals surface area (Å²) in [4.78, 5) is 56.6. The predicted molar refractivity (Wildman–Crippen MR) is 160 cm³/mol. The monoisotopic (exact) mass is 717 g/mol. The van der Waals surface area contributed by atoms with E-state index >= 15 is 0 Å². The number of nitrogens with two attached hydrogens (primary N) is 1. The number of H-pyrrole nitrogens is 1. The number of nitrogens with one attached hydrogen (secondary N) is 3. The quantitative estimate of drug-likeness (QED) is 0.0458. The van der Waals surface area contributed by atoms with Crippen LogP contribution in [0.2, 0.25) is 0 Å². The van der Waals surface area contributed by atoms with Gasteiger partial charge in [0.1, 0.15) is 30.2 Å². The number of carbonyl (C=O) groups excluding carboxylic acids is 2. The Labute approximate surface area is 267 Å². The fraction of sp³-hybridized carbons (Fsp3) is 0.696. The van der Waals surface area contributed by atoms with Crippen molar-refractivity contribution in [2.75, 3.05) is 38.0 Å². The van der Waals surface area contributed by atoms with E-state index in [0.717, 1.165) is 23.7 Å². The number of aliphatic hydroxyl groups excluding tert-OH is 2. The van der Waals surface area contributed by atoms with Crippen LogP contribution in [0.1, 0.15) is 39.8 Å². The Bertz CT molecular complexity index is 1510. The maximum atomic E-state index is 13.5. The number of carbonyl (C=O) groups is 2. The Morgan fingerprint density at radius 1 is 1.24 bits per heavy atom. The van der Waals surface area contributed by atoms with Gasteiger partial charge in [0.2, 0.25) is 11.9 Å². The Morgan fingerprint density at radius 2 is 1.93 bits per heavy atom. The van der Waals surface area contributed by atoms with Gasteiger partial charge in [-0.25, -0.2) is 19.2 Å². The molecule has 1 amide bonds. The van der Waals surface area contributed by atoms with Crippen molar-refractivity contribution in [1.82, 2.24) is 29.9 Å². The molecule has 20 nitrogen and oxygen atoms in total. The summed E-state index contributed by atoms with van der Waals surface area (Å²) in [6, 6.07) is -1.35. The molecule has 7 atom stereocenters. The van der Waals surface area contributed by atoms with E-state index in [1.807, 2.05) is 13.8 Å². The van der Waals surface area contributed by atoms with Gasteiger partial charge >= 0.3 is 21.5 Å². The lowest BCUT2D eigenvalue weighted by molar-refractivity contribution is -0.146. The van der Waals surface area contributed by atoms with Crippen LogP contribution in [-0.2, 0) is 41.6 Å². The molecule has 0 aliphatic carbocycles. The van der Waals surface area contributed by atoms with Gasteiger partial charge in [-0.05, 0) is 12.8 Å². The van der Waals surface area contributed by atoms with E-state index in [-0.39, 0.29) is 42.1 Å². The van der Waals surface area contributed by atoms with Crippen LogP contribution in [0.3, 0.4) is 0 Å². The zero-order valence-electron chi connectivity index (χ0n) is 25.1. The summed E-state index contributed by atoms with van der Waals surface area (Å²) >= 11 is 5.42. The Hall–Kier alpha value is -2.48. The second-order valence-electron chi connectivity index (χ2n) is 10.1. The number of esters is 1. The van der Waals surface area contributed by atoms with E-state index in [1.165, 1.54) is 6.92 Å². The average molecular weight is 718 g/mol. The molecular formula is C23H38ClN7O13P2. The van der Waals surface area contributed by atoms with E-state index < -0.39 is 76.8 Å². The molecule has 260 valence electrons. The lowest BCUT2D eigenvalue weighted by Gasteiger charge is -2.25. The average Bonchev–Trinajstić information content (AvgIpc) is 3.54. The fourth-order valence-electron chi connectivity index (χ4n) is 4.18. The summed E-state index contributed by atoms with van der Waals surface area (Å²) in [6.45, 7) is 3.56. The highest BCUT2D eigenvalue weighted by atomic mass is 35.5. The smallest absolute Gasteiger partial charge is 0.464 e. The van der Waals surface area contributed by atoms with Crippen molar-refractivity contribution in [3.05, 3.63) is 16.7 Å². The van der Waals surface area contributed by atoms with E-state index in [4.69, 9.17) is 40.2 Å². The number of anilines is 1. The van der Waals surface area contributed by atoms with Crippen LogP contribution in [0.15, 0.2) is 11.1 Å². The molecule has 46 heavy (non-hydrogen) atoms. The van der Waals surface area contributed by atoms with Crippen LogP contribution in [0.25, 0.3) is 11.2 Å². The van der Waals surface area contributed by atoms with E-state index in [9.17, 15) is 38.6 Å². The zero-order chi connectivity index (χ0) is 34.2. The summed E-state index contributed by atoms with van der Waals surface area (Å²) in [5, 5.41) is 25.7. The topological polar surface area (TPSA) is 289 Å². The number of nitrogen functional groups attached to an aromatic ring is 1. The number of rotatable bonds is 18. The minimum absolute atomic E-state index is 0.0748. The van der Waals surface area contributed by atoms with Gasteiger partial charge in [-0.2, -0.15) is 9.29 Å². The Kier molecular flexibility index (Phi) is 13.7. The lowest BCUT2D eigenvalue weighted by atomic mass is 10.1. The molecule has 2 aromatic heterocycles. The number of aliphatic hydroxyl groups is 2. The normalized spacial score (nSPS) is 23.2. The van der Waals surface area contributed by atoms with Crippen molar-refractivity contribution in [2.24, 2.45) is 5.92 Å². The van der Waals surface area contributed by atoms with Crippen LogP contribution in [-0.4, -0.2) is 103 Å². The molecule has 2 aromatic rings. The summed E-state index contributed by atoms with van der Waals surface area (Å²) in [5.74, 6) is -1.95. The maximum absolute atomic E-state index is 13.5. The number of phosphoric ester groups is 1. The first-order valence-electron chi connectivity index (χ1n) is 14.1. The summed E-state index contributed by atoms with van der Waals surface area (Å²) < 4.78 is 53.3. The minimum Gasteiger partial charge on any atom is -0.464 e. The van der Waals surface area contributed by atoms with E-state index in [2.05, 4.69) is 25.4 Å². The molecule has 0 saturated carbocycles. The van der Waals surface area contributed by atoms with Crippen LogP contribution in [0.5, 0.6) is 0 Å². The summed E-state index contributed by atoms with van der Waals surface area (Å²) in [7, 11) is -10.2. The number of hydrogen-bond donors (Lipinski definition) is 7. The van der Waals surface area contributed by atoms with Crippen molar-refractivity contribution >= 4 is 56.2 Å². The van der Waals surface area contributed by atoms with Crippen LogP contribution in [0, 0.1) is 5.92 Å². The van der Waals surface area contributed by atoms with Gasteiger partial charge in [0.25, 0.3) is 5.56 Å². The minimum atomic E-state index is -5.32. The van der Waals surface area contributed by atoms with Gasteiger partial charge in [-0.3, -0.25) is 33.0 Å². The van der Waals surface area contributed by atoms with Gasteiger partial charge in [0.15, 0.2) is 17.4 Å². The molecule has 0 bridgehead atoms. The number of imidazole rings is 1. The van der Waals surface area contributed by atoms with Crippen molar-refractivity contribution in [1.29, 1.82) is 0 Å². The molecule has 1 aliphatic rings. The Balaban J connectivity index is 1.69. The number of hydrogen-bond acceptors (Lipinski definition) is 15. The second kappa shape index (κ2) is 16.6. The number of halogens is 1. The number of fused-ring (bicyclic) bond motifs is 1. The number of amides is 1. The van der Waals surface area contributed by atoms with Gasteiger partial charge < -0.3 is 35.6 Å². The maximum Gasteiger partial charge on any atom is 0.480 e.